The Labute approximate surface area is 98.2 Å². The number of aromatic amines is 1. The van der Waals surface area contributed by atoms with Crippen molar-refractivity contribution in [1.29, 1.82) is 0 Å². The second-order valence-electron chi connectivity index (χ2n) is 3.59. The summed E-state index contributed by atoms with van der Waals surface area (Å²) in [5.41, 5.74) is 0.339. The van der Waals surface area contributed by atoms with Crippen molar-refractivity contribution in [2.24, 2.45) is 0 Å². The Morgan fingerprint density at radius 3 is 2.71 bits per heavy atom. The zero-order valence-electron chi connectivity index (χ0n) is 9.22. The van der Waals surface area contributed by atoms with Gasteiger partial charge >= 0.3 is 0 Å². The predicted octanol–water partition coefficient (Wildman–Crippen LogP) is 1.59. The van der Waals surface area contributed by atoms with E-state index in [-0.39, 0.29) is 16.9 Å². The Morgan fingerprint density at radius 2 is 2.06 bits per heavy atom. The molecule has 0 unspecified atom stereocenters. The van der Waals surface area contributed by atoms with Gasteiger partial charge in [-0.3, -0.25) is 9.59 Å². The molecule has 1 N–H and O–H groups in total. The highest BCUT2D eigenvalue weighted by Gasteiger charge is 2.15. The number of aromatic nitrogens is 2. The minimum absolute atomic E-state index is 0.151. The molecule has 1 aromatic heterocycles. The van der Waals surface area contributed by atoms with Crippen LogP contribution in [0.4, 0.5) is 0 Å². The fourth-order valence-corrected chi connectivity index (χ4v) is 1.58. The van der Waals surface area contributed by atoms with E-state index in [1.54, 1.807) is 30.3 Å². The minimum Gasteiger partial charge on any atom is -0.302 e. The molecular weight excluding hydrogens is 216 g/mol. The Balaban J connectivity index is 2.39. The molecule has 0 spiro atoms. The number of ketones is 1. The number of nitrogens with zero attached hydrogens (tertiary/aromatic N) is 1. The molecule has 0 bridgehead atoms. The number of carbonyl (C=O) groups excluding carboxylic acids is 1. The monoisotopic (exact) mass is 228 g/mol. The van der Waals surface area contributed by atoms with Gasteiger partial charge in [0.2, 0.25) is 0 Å². The first kappa shape index (κ1) is 11.1. The maximum Gasteiger partial charge on any atom is 0.278 e. The lowest BCUT2D eigenvalue weighted by atomic mass is 10.1. The number of allylic oxidation sites excluding steroid dienone is 1. The van der Waals surface area contributed by atoms with Gasteiger partial charge in [-0.25, -0.2) is 4.68 Å². The van der Waals surface area contributed by atoms with Gasteiger partial charge in [0, 0.05) is 11.8 Å². The van der Waals surface area contributed by atoms with Crippen molar-refractivity contribution in [2.75, 3.05) is 0 Å². The Hall–Kier alpha value is -2.36. The smallest absolute Gasteiger partial charge is 0.278 e. The molecule has 2 aromatic rings. The van der Waals surface area contributed by atoms with E-state index in [1.807, 2.05) is 6.07 Å². The number of carbonyl (C=O) groups is 1. The molecule has 4 heteroatoms. The van der Waals surface area contributed by atoms with Crippen LogP contribution in [0.5, 0.6) is 0 Å². The number of rotatable bonds is 4. The van der Waals surface area contributed by atoms with Crippen molar-refractivity contribution in [3.63, 3.8) is 0 Å². The fourth-order valence-electron chi connectivity index (χ4n) is 1.58. The summed E-state index contributed by atoms with van der Waals surface area (Å²) in [7, 11) is 0. The Morgan fingerprint density at radius 1 is 1.35 bits per heavy atom. The lowest BCUT2D eigenvalue weighted by Crippen LogP contribution is -2.21. The summed E-state index contributed by atoms with van der Waals surface area (Å²) in [6.45, 7) is 3.91. The zero-order chi connectivity index (χ0) is 12.3. The summed E-state index contributed by atoms with van der Waals surface area (Å²) < 4.78 is 1.34. The highest BCUT2D eigenvalue weighted by molar-refractivity contribution is 6.08. The highest BCUT2D eigenvalue weighted by atomic mass is 16.2. The summed E-state index contributed by atoms with van der Waals surface area (Å²) in [5, 5.41) is 2.74. The first-order valence-electron chi connectivity index (χ1n) is 5.23. The molecule has 4 nitrogen and oxygen atoms in total. The molecule has 0 aliphatic rings. The lowest BCUT2D eigenvalue weighted by molar-refractivity contribution is 0.103. The Kier molecular flexibility index (Phi) is 3.05. The van der Waals surface area contributed by atoms with Gasteiger partial charge in [-0.2, -0.15) is 0 Å². The number of hydrogen-bond acceptors (Lipinski definition) is 2. The summed E-state index contributed by atoms with van der Waals surface area (Å²) >= 11 is 0. The number of hydrogen-bond donors (Lipinski definition) is 1. The van der Waals surface area contributed by atoms with Gasteiger partial charge in [-0.15, -0.1) is 6.58 Å². The van der Waals surface area contributed by atoms with Gasteiger partial charge < -0.3 is 5.10 Å². The third kappa shape index (κ3) is 2.10. The predicted molar refractivity (Wildman–Crippen MR) is 65.1 cm³/mol. The molecule has 0 aliphatic heterocycles. The molecule has 1 aromatic carbocycles. The summed E-state index contributed by atoms with van der Waals surface area (Å²) in [4.78, 5) is 23.9. The van der Waals surface area contributed by atoms with Crippen LogP contribution in [0.25, 0.3) is 0 Å². The van der Waals surface area contributed by atoms with Crippen LogP contribution in [0.3, 0.4) is 0 Å². The lowest BCUT2D eigenvalue weighted by Gasteiger charge is -1.96. The van der Waals surface area contributed by atoms with Crippen molar-refractivity contribution in [3.8, 4) is 0 Å². The van der Waals surface area contributed by atoms with Gasteiger partial charge in [0.1, 0.15) is 5.56 Å². The van der Waals surface area contributed by atoms with Crippen LogP contribution in [0.2, 0.25) is 0 Å². The molecule has 0 amide bonds. The quantitative estimate of drug-likeness (QED) is 0.638. The summed E-state index contributed by atoms with van der Waals surface area (Å²) in [6.07, 6.45) is 3.02. The molecule has 0 saturated heterocycles. The van der Waals surface area contributed by atoms with Gasteiger partial charge in [0.15, 0.2) is 5.78 Å². The van der Waals surface area contributed by atoms with E-state index < -0.39 is 0 Å². The van der Waals surface area contributed by atoms with Crippen molar-refractivity contribution in [1.82, 2.24) is 9.78 Å². The molecule has 17 heavy (non-hydrogen) atoms. The number of H-pyrrole nitrogens is 1. The molecule has 0 aliphatic carbocycles. The van der Waals surface area contributed by atoms with Crippen molar-refractivity contribution < 1.29 is 4.79 Å². The molecule has 2 rings (SSSR count). The normalized spacial score (nSPS) is 10.1. The van der Waals surface area contributed by atoms with Crippen LogP contribution in [-0.2, 0) is 6.54 Å². The average molecular weight is 228 g/mol. The number of nitrogens with one attached hydrogen (secondary N) is 1. The second kappa shape index (κ2) is 4.65. The largest absolute Gasteiger partial charge is 0.302 e. The van der Waals surface area contributed by atoms with Gasteiger partial charge in [-0.1, -0.05) is 36.4 Å². The van der Waals surface area contributed by atoms with Gasteiger partial charge in [0.25, 0.3) is 5.56 Å². The first-order valence-corrected chi connectivity index (χ1v) is 5.23. The van der Waals surface area contributed by atoms with Crippen LogP contribution < -0.4 is 5.56 Å². The van der Waals surface area contributed by atoms with Crippen molar-refractivity contribution in [2.45, 2.75) is 6.54 Å². The molecule has 0 fully saturated rings. The van der Waals surface area contributed by atoms with Crippen LogP contribution in [0, 0.1) is 0 Å². The average Bonchev–Trinajstić information content (AvgIpc) is 2.72. The van der Waals surface area contributed by atoms with Gasteiger partial charge in [0.05, 0.1) is 6.54 Å². The van der Waals surface area contributed by atoms with E-state index in [0.29, 0.717) is 12.1 Å². The molecule has 86 valence electrons. The van der Waals surface area contributed by atoms with E-state index in [9.17, 15) is 9.59 Å². The maximum atomic E-state index is 12.0. The molecule has 0 saturated carbocycles. The van der Waals surface area contributed by atoms with E-state index in [0.717, 1.165) is 0 Å². The van der Waals surface area contributed by atoms with E-state index in [1.165, 1.54) is 10.9 Å². The third-order valence-electron chi connectivity index (χ3n) is 2.43. The van der Waals surface area contributed by atoms with Crippen LogP contribution >= 0.6 is 0 Å². The Bertz CT molecular complexity index is 593. The zero-order valence-corrected chi connectivity index (χ0v) is 9.22. The summed E-state index contributed by atoms with van der Waals surface area (Å²) in [6, 6.07) is 8.73. The summed E-state index contributed by atoms with van der Waals surface area (Å²) in [5.74, 6) is -0.269. The van der Waals surface area contributed by atoms with Crippen molar-refractivity contribution in [3.05, 3.63) is 70.7 Å². The molecular formula is C13H12N2O2. The molecule has 1 heterocycles. The van der Waals surface area contributed by atoms with Crippen LogP contribution in [0.15, 0.2) is 54.0 Å². The second-order valence-corrected chi connectivity index (χ2v) is 3.59. The topological polar surface area (TPSA) is 54.9 Å². The molecule has 0 atom stereocenters. The SMILES string of the molecule is C=CCn1[nH]cc(C(=O)c2ccccc2)c1=O. The maximum absolute atomic E-state index is 12.0. The van der Waals surface area contributed by atoms with Crippen LogP contribution in [-0.4, -0.2) is 15.6 Å². The van der Waals surface area contributed by atoms with Crippen LogP contribution in [0.1, 0.15) is 15.9 Å². The standard InChI is InChI=1S/C13H12N2O2/c1-2-8-15-13(17)11(9-14-15)12(16)10-6-4-3-5-7-10/h2-7,9,14H,1,8H2. The molecule has 0 radical (unpaired) electrons. The van der Waals surface area contributed by atoms with Gasteiger partial charge in [-0.05, 0) is 0 Å². The fraction of sp³-hybridized carbons (Fsp3) is 0.0769. The third-order valence-corrected chi connectivity index (χ3v) is 2.43. The van der Waals surface area contributed by atoms with E-state index >= 15 is 0 Å². The van der Waals surface area contributed by atoms with E-state index in [2.05, 4.69) is 11.7 Å². The van der Waals surface area contributed by atoms with Crippen molar-refractivity contribution >= 4 is 5.78 Å². The highest BCUT2D eigenvalue weighted by Crippen LogP contribution is 2.05. The first-order chi connectivity index (χ1) is 8.24. The van der Waals surface area contributed by atoms with E-state index in [4.69, 9.17) is 0 Å². The minimum atomic E-state index is -0.321. The number of benzene rings is 1.